The lowest BCUT2D eigenvalue weighted by Crippen LogP contribution is -2.37. The fourth-order valence-corrected chi connectivity index (χ4v) is 6.12. The van der Waals surface area contributed by atoms with Crippen molar-refractivity contribution in [2.45, 2.75) is 161 Å². The van der Waals surface area contributed by atoms with E-state index in [0.29, 0.717) is 43.1 Å². The Balaban J connectivity index is 4.63. The third-order valence-corrected chi connectivity index (χ3v) is 9.93. The van der Waals surface area contributed by atoms with E-state index in [2.05, 4.69) is 62.5 Å². The van der Waals surface area contributed by atoms with Crippen LogP contribution >= 0.6 is 7.82 Å². The molecule has 11 heteroatoms. The molecule has 0 heterocycles. The van der Waals surface area contributed by atoms with Crippen molar-refractivity contribution < 1.29 is 47.2 Å². The number of aliphatic hydroxyl groups excluding tert-OH is 1. The average Bonchev–Trinajstić information content (AvgIpc) is 3.18. The highest BCUT2D eigenvalue weighted by atomic mass is 31.2. The second-order valence-electron chi connectivity index (χ2n) is 15.9. The maximum atomic E-state index is 12.7. The lowest BCUT2D eigenvalue weighted by Gasteiger charge is -2.28. The molecule has 0 spiro atoms. The van der Waals surface area contributed by atoms with E-state index >= 15 is 0 Å². The van der Waals surface area contributed by atoms with Gasteiger partial charge in [-0.15, -0.1) is 0 Å². The number of aliphatic hydroxyl groups is 1. The van der Waals surface area contributed by atoms with Crippen molar-refractivity contribution in [1.29, 1.82) is 0 Å². The standard InChI is InChI=1S/C48H82NO9P/c1-6-8-10-12-14-16-17-18-19-20-21-22-23-25-27-31-36-40-48(52)58-46(44-57-59(53,54)56-42-41-49(3,4)5)43-55-47(51)39-35-32-28-30-34-38-45(50)37-33-29-26-24-15-13-11-9-7-2/h15,18-19,21-22,24-25,27-30,33-34,38,45-46,50H,6-14,16-17,20,23,26,31-32,35-37,39-44H2,1-5H3/b19-18-,22-21-,24-15-,27-25-,30-28+,33-29-,38-34-/t45?,46-/m1/s1. The Morgan fingerprint density at radius 1 is 0.627 bits per heavy atom. The zero-order chi connectivity index (χ0) is 43.7. The van der Waals surface area contributed by atoms with Crippen molar-refractivity contribution in [3.8, 4) is 0 Å². The quantitative estimate of drug-likeness (QED) is 0.0160. The van der Waals surface area contributed by atoms with Gasteiger partial charge >= 0.3 is 11.9 Å². The highest BCUT2D eigenvalue weighted by Gasteiger charge is 2.21. The summed E-state index contributed by atoms with van der Waals surface area (Å²) in [5, 5.41) is 10.1. The monoisotopic (exact) mass is 848 g/mol. The molecule has 0 aromatic carbocycles. The molecule has 0 rings (SSSR count). The lowest BCUT2D eigenvalue weighted by atomic mass is 10.1. The van der Waals surface area contributed by atoms with E-state index in [4.69, 9.17) is 18.5 Å². The highest BCUT2D eigenvalue weighted by molar-refractivity contribution is 7.45. The number of hydrogen-bond donors (Lipinski definition) is 1. The lowest BCUT2D eigenvalue weighted by molar-refractivity contribution is -0.870. The van der Waals surface area contributed by atoms with Gasteiger partial charge in [0.05, 0.1) is 33.9 Å². The summed E-state index contributed by atoms with van der Waals surface area (Å²) < 4.78 is 33.7. The molecule has 0 aliphatic carbocycles. The Labute approximate surface area is 359 Å². The summed E-state index contributed by atoms with van der Waals surface area (Å²) in [4.78, 5) is 37.5. The molecule has 2 unspecified atom stereocenters. The Morgan fingerprint density at radius 2 is 1.14 bits per heavy atom. The summed E-state index contributed by atoms with van der Waals surface area (Å²) in [6, 6.07) is 0. The van der Waals surface area contributed by atoms with Crippen LogP contribution in [0.3, 0.4) is 0 Å². The zero-order valence-corrected chi connectivity index (χ0v) is 38.4. The van der Waals surface area contributed by atoms with Crippen molar-refractivity contribution in [2.24, 2.45) is 0 Å². The minimum atomic E-state index is -4.68. The normalized spacial score (nSPS) is 14.9. The van der Waals surface area contributed by atoms with E-state index in [-0.39, 0.29) is 26.1 Å². The first-order valence-electron chi connectivity index (χ1n) is 22.4. The largest absolute Gasteiger partial charge is 0.756 e. The van der Waals surface area contributed by atoms with Gasteiger partial charge in [-0.1, -0.05) is 144 Å². The number of hydrogen-bond acceptors (Lipinski definition) is 9. The van der Waals surface area contributed by atoms with Gasteiger partial charge in [0.1, 0.15) is 19.8 Å². The van der Waals surface area contributed by atoms with Crippen molar-refractivity contribution in [1.82, 2.24) is 0 Å². The van der Waals surface area contributed by atoms with E-state index in [1.807, 2.05) is 45.4 Å². The van der Waals surface area contributed by atoms with Gasteiger partial charge in [0.15, 0.2) is 6.10 Å². The molecule has 338 valence electrons. The molecule has 1 N–H and O–H groups in total. The van der Waals surface area contributed by atoms with Crippen LogP contribution in [-0.2, 0) is 32.7 Å². The highest BCUT2D eigenvalue weighted by Crippen LogP contribution is 2.38. The molecule has 3 atom stereocenters. The maximum Gasteiger partial charge on any atom is 0.306 e. The number of nitrogens with zero attached hydrogens (tertiary/aromatic N) is 1. The minimum absolute atomic E-state index is 0.0666. The summed E-state index contributed by atoms with van der Waals surface area (Å²) in [6.45, 7) is 3.94. The summed E-state index contributed by atoms with van der Waals surface area (Å²) in [5.41, 5.74) is 0. The van der Waals surface area contributed by atoms with Crippen LogP contribution in [0.15, 0.2) is 85.1 Å². The fraction of sp³-hybridized carbons (Fsp3) is 0.667. The number of carbonyl (C=O) groups excluding carboxylic acids is 2. The Kier molecular flexibility index (Phi) is 37.4. The van der Waals surface area contributed by atoms with Crippen molar-refractivity contribution in [3.05, 3.63) is 85.1 Å². The molecule has 0 fully saturated rings. The van der Waals surface area contributed by atoms with E-state index < -0.39 is 38.6 Å². The van der Waals surface area contributed by atoms with Gasteiger partial charge in [0.25, 0.3) is 7.82 Å². The predicted octanol–water partition coefficient (Wildman–Crippen LogP) is 11.1. The number of ether oxygens (including phenoxy) is 2. The van der Waals surface area contributed by atoms with Gasteiger partial charge < -0.3 is 33.0 Å². The predicted molar refractivity (Wildman–Crippen MR) is 242 cm³/mol. The summed E-state index contributed by atoms with van der Waals surface area (Å²) in [6.07, 6.45) is 46.5. The van der Waals surface area contributed by atoms with Crippen LogP contribution in [0.2, 0.25) is 0 Å². The first-order chi connectivity index (χ1) is 28.4. The second kappa shape index (κ2) is 39.3. The molecule has 0 bridgehead atoms. The number of rotatable bonds is 39. The molecule has 0 aliphatic rings. The van der Waals surface area contributed by atoms with Crippen LogP contribution in [0, 0.1) is 0 Å². The Hall–Kier alpha value is -2.85. The van der Waals surface area contributed by atoms with Crippen LogP contribution in [0.25, 0.3) is 0 Å². The molecule has 0 aliphatic heterocycles. The molecule has 10 nitrogen and oxygen atoms in total. The van der Waals surface area contributed by atoms with Crippen molar-refractivity contribution in [3.63, 3.8) is 0 Å². The number of likely N-dealkylation sites (N-methyl/N-ethyl adjacent to an activating group) is 1. The number of esters is 2. The summed E-state index contributed by atoms with van der Waals surface area (Å²) in [7, 11) is 1.04. The van der Waals surface area contributed by atoms with E-state index in [1.165, 1.54) is 57.8 Å². The molecule has 0 aromatic rings. The van der Waals surface area contributed by atoms with Crippen molar-refractivity contribution in [2.75, 3.05) is 47.5 Å². The number of unbranched alkanes of at least 4 members (excludes halogenated alkanes) is 11. The first kappa shape index (κ1) is 56.1. The number of carbonyl (C=O) groups is 2. The van der Waals surface area contributed by atoms with Gasteiger partial charge in [0.2, 0.25) is 0 Å². The van der Waals surface area contributed by atoms with E-state index in [9.17, 15) is 24.2 Å². The van der Waals surface area contributed by atoms with Gasteiger partial charge in [0, 0.05) is 12.8 Å². The first-order valence-corrected chi connectivity index (χ1v) is 23.9. The van der Waals surface area contributed by atoms with Crippen LogP contribution in [0.5, 0.6) is 0 Å². The molecular formula is C48H82NO9P. The Bertz CT molecular complexity index is 1300. The molecular weight excluding hydrogens is 765 g/mol. The van der Waals surface area contributed by atoms with Gasteiger partial charge in [-0.2, -0.15) is 0 Å². The SMILES string of the molecule is CCCCC/C=C\C/C=C\CC(O)/C=C\C=C\CCCC(=O)OC[C@H](COP(=O)([O-])OCC[N+](C)(C)C)OC(=O)CCC/C=C\C/C=C\C/C=C\CCCCCCCC. The van der Waals surface area contributed by atoms with Crippen LogP contribution < -0.4 is 4.89 Å². The molecule has 0 amide bonds. The minimum Gasteiger partial charge on any atom is -0.756 e. The Morgan fingerprint density at radius 3 is 1.76 bits per heavy atom. The molecule has 0 saturated carbocycles. The molecule has 0 saturated heterocycles. The topological polar surface area (TPSA) is 131 Å². The third-order valence-electron chi connectivity index (χ3n) is 8.97. The molecule has 0 radical (unpaired) electrons. The average molecular weight is 848 g/mol. The number of phosphoric acid groups is 1. The van der Waals surface area contributed by atoms with Crippen LogP contribution in [-0.4, -0.2) is 81.2 Å². The fourth-order valence-electron chi connectivity index (χ4n) is 5.39. The van der Waals surface area contributed by atoms with Gasteiger partial charge in [-0.3, -0.25) is 14.2 Å². The van der Waals surface area contributed by atoms with Crippen LogP contribution in [0.4, 0.5) is 0 Å². The van der Waals surface area contributed by atoms with Crippen LogP contribution in [0.1, 0.15) is 149 Å². The smallest absolute Gasteiger partial charge is 0.306 e. The second-order valence-corrected chi connectivity index (χ2v) is 17.3. The molecule has 0 aromatic heterocycles. The maximum absolute atomic E-state index is 12.7. The van der Waals surface area contributed by atoms with E-state index in [0.717, 1.165) is 32.1 Å². The zero-order valence-electron chi connectivity index (χ0n) is 37.5. The van der Waals surface area contributed by atoms with Gasteiger partial charge in [-0.05, 0) is 77.0 Å². The third kappa shape index (κ3) is 43.1. The van der Waals surface area contributed by atoms with Gasteiger partial charge in [-0.25, -0.2) is 0 Å². The number of quaternary nitrogens is 1. The van der Waals surface area contributed by atoms with E-state index in [1.54, 1.807) is 12.2 Å². The summed E-state index contributed by atoms with van der Waals surface area (Å²) >= 11 is 0. The molecule has 59 heavy (non-hydrogen) atoms. The van der Waals surface area contributed by atoms with Crippen molar-refractivity contribution >= 4 is 19.8 Å². The summed E-state index contributed by atoms with van der Waals surface area (Å²) in [5.74, 6) is -1.03. The number of phosphoric ester groups is 1. The number of allylic oxidation sites excluding steroid dienone is 12.